The van der Waals surface area contributed by atoms with Crippen LogP contribution in [0.15, 0.2) is 16.8 Å². The van der Waals surface area contributed by atoms with Gasteiger partial charge in [-0.3, -0.25) is 4.68 Å². The molecule has 1 aliphatic heterocycles. The molecule has 0 amide bonds. The SMILES string of the molecule is Cn1nccc1-c1nc([C@@H]2CCCCCN2)no1. The van der Waals surface area contributed by atoms with Crippen molar-refractivity contribution in [3.8, 4) is 11.6 Å². The van der Waals surface area contributed by atoms with Crippen molar-refractivity contribution < 1.29 is 4.52 Å². The van der Waals surface area contributed by atoms with E-state index in [2.05, 4.69) is 20.6 Å². The van der Waals surface area contributed by atoms with Gasteiger partial charge in [0.1, 0.15) is 5.69 Å². The molecule has 6 heteroatoms. The highest BCUT2D eigenvalue weighted by Gasteiger charge is 2.20. The molecular weight excluding hydrogens is 230 g/mol. The molecule has 6 nitrogen and oxygen atoms in total. The molecule has 1 saturated heterocycles. The molecule has 3 heterocycles. The van der Waals surface area contributed by atoms with Gasteiger partial charge in [0.05, 0.1) is 6.04 Å². The van der Waals surface area contributed by atoms with Crippen LogP contribution in [-0.2, 0) is 7.05 Å². The van der Waals surface area contributed by atoms with E-state index in [0.29, 0.717) is 5.89 Å². The van der Waals surface area contributed by atoms with Gasteiger partial charge in [0.2, 0.25) is 0 Å². The number of rotatable bonds is 2. The van der Waals surface area contributed by atoms with Gasteiger partial charge in [0, 0.05) is 13.2 Å². The van der Waals surface area contributed by atoms with E-state index in [-0.39, 0.29) is 6.04 Å². The van der Waals surface area contributed by atoms with Crippen molar-refractivity contribution in [3.05, 3.63) is 18.1 Å². The molecule has 1 N–H and O–H groups in total. The Bertz CT molecular complexity index is 510. The van der Waals surface area contributed by atoms with Crippen LogP contribution in [0.25, 0.3) is 11.6 Å². The minimum Gasteiger partial charge on any atom is -0.332 e. The molecule has 1 aliphatic rings. The van der Waals surface area contributed by atoms with Crippen LogP contribution in [0.4, 0.5) is 0 Å². The highest BCUT2D eigenvalue weighted by atomic mass is 16.5. The quantitative estimate of drug-likeness (QED) is 0.874. The minimum atomic E-state index is 0.221. The maximum atomic E-state index is 5.32. The Balaban J connectivity index is 1.82. The van der Waals surface area contributed by atoms with Gasteiger partial charge >= 0.3 is 0 Å². The van der Waals surface area contributed by atoms with E-state index in [4.69, 9.17) is 4.52 Å². The predicted octanol–water partition coefficient (Wildman–Crippen LogP) is 1.67. The third-order valence-electron chi connectivity index (χ3n) is 3.35. The van der Waals surface area contributed by atoms with E-state index in [1.54, 1.807) is 10.9 Å². The van der Waals surface area contributed by atoms with E-state index in [0.717, 1.165) is 24.5 Å². The first-order valence-electron chi connectivity index (χ1n) is 6.40. The average Bonchev–Trinajstić information content (AvgIpc) is 2.91. The lowest BCUT2D eigenvalue weighted by atomic mass is 10.1. The van der Waals surface area contributed by atoms with Crippen molar-refractivity contribution in [1.29, 1.82) is 0 Å². The Hall–Kier alpha value is -1.69. The largest absolute Gasteiger partial charge is 0.332 e. The Labute approximate surface area is 105 Å². The number of hydrogen-bond donors (Lipinski definition) is 1. The fourth-order valence-corrected chi connectivity index (χ4v) is 2.31. The zero-order valence-electron chi connectivity index (χ0n) is 10.5. The minimum absolute atomic E-state index is 0.221. The van der Waals surface area contributed by atoms with Crippen LogP contribution >= 0.6 is 0 Å². The lowest BCUT2D eigenvalue weighted by Crippen LogP contribution is -2.21. The third kappa shape index (κ3) is 2.15. The van der Waals surface area contributed by atoms with Gasteiger partial charge in [-0.15, -0.1) is 0 Å². The van der Waals surface area contributed by atoms with Gasteiger partial charge in [-0.1, -0.05) is 18.0 Å². The molecule has 1 atom stereocenters. The number of hydrogen-bond acceptors (Lipinski definition) is 5. The standard InChI is InChI=1S/C12H17N5O/c1-17-10(6-8-14-17)12-15-11(16-18-12)9-5-3-2-4-7-13-9/h6,8-9,13H,2-5,7H2,1H3/t9-/m0/s1. The van der Waals surface area contributed by atoms with Crippen molar-refractivity contribution in [2.75, 3.05) is 6.54 Å². The van der Waals surface area contributed by atoms with Crippen LogP contribution in [0, 0.1) is 0 Å². The molecule has 0 bridgehead atoms. The van der Waals surface area contributed by atoms with Crippen LogP contribution in [0.2, 0.25) is 0 Å². The number of nitrogens with zero attached hydrogens (tertiary/aromatic N) is 4. The fourth-order valence-electron chi connectivity index (χ4n) is 2.31. The molecule has 2 aromatic heterocycles. The Morgan fingerprint density at radius 1 is 1.39 bits per heavy atom. The molecule has 0 aliphatic carbocycles. The van der Waals surface area contributed by atoms with Gasteiger partial charge in [-0.2, -0.15) is 10.1 Å². The van der Waals surface area contributed by atoms with Crippen molar-refractivity contribution in [1.82, 2.24) is 25.2 Å². The molecule has 0 saturated carbocycles. The van der Waals surface area contributed by atoms with Crippen LogP contribution in [-0.4, -0.2) is 26.5 Å². The summed E-state index contributed by atoms with van der Waals surface area (Å²) in [5.41, 5.74) is 0.849. The first-order chi connectivity index (χ1) is 8.84. The van der Waals surface area contributed by atoms with E-state index < -0.39 is 0 Å². The van der Waals surface area contributed by atoms with Gasteiger partial charge in [-0.25, -0.2) is 0 Å². The summed E-state index contributed by atoms with van der Waals surface area (Å²) < 4.78 is 7.06. The first-order valence-corrected chi connectivity index (χ1v) is 6.40. The lowest BCUT2D eigenvalue weighted by Gasteiger charge is -2.09. The normalized spacial score (nSPS) is 20.8. The van der Waals surface area contributed by atoms with E-state index in [1.807, 2.05) is 13.1 Å². The molecule has 0 radical (unpaired) electrons. The second kappa shape index (κ2) is 4.89. The molecule has 0 unspecified atom stereocenters. The number of aromatic nitrogens is 4. The number of aryl methyl sites for hydroxylation is 1. The maximum absolute atomic E-state index is 5.32. The second-order valence-corrected chi connectivity index (χ2v) is 4.65. The van der Waals surface area contributed by atoms with E-state index >= 15 is 0 Å². The van der Waals surface area contributed by atoms with Gasteiger partial charge in [-0.05, 0) is 25.5 Å². The summed E-state index contributed by atoms with van der Waals surface area (Å²) in [7, 11) is 1.86. The fraction of sp³-hybridized carbons (Fsp3) is 0.583. The number of nitrogens with one attached hydrogen (secondary N) is 1. The summed E-state index contributed by atoms with van der Waals surface area (Å²) in [5.74, 6) is 1.30. The summed E-state index contributed by atoms with van der Waals surface area (Å²) in [6, 6.07) is 2.09. The predicted molar refractivity (Wildman–Crippen MR) is 65.7 cm³/mol. The van der Waals surface area contributed by atoms with Crippen molar-refractivity contribution in [2.24, 2.45) is 7.05 Å². The molecule has 2 aromatic rings. The van der Waals surface area contributed by atoms with Gasteiger partial charge in [0.15, 0.2) is 5.82 Å². The van der Waals surface area contributed by atoms with Gasteiger partial charge < -0.3 is 9.84 Å². The molecule has 0 aromatic carbocycles. The summed E-state index contributed by atoms with van der Waals surface area (Å²) in [4.78, 5) is 4.48. The maximum Gasteiger partial charge on any atom is 0.276 e. The Kier molecular flexibility index (Phi) is 3.10. The summed E-state index contributed by atoms with van der Waals surface area (Å²) in [6.45, 7) is 1.03. The molecular formula is C12H17N5O. The van der Waals surface area contributed by atoms with E-state index in [1.165, 1.54) is 19.3 Å². The van der Waals surface area contributed by atoms with Crippen LogP contribution < -0.4 is 5.32 Å². The first kappa shape index (κ1) is 11.4. The molecule has 1 fully saturated rings. The smallest absolute Gasteiger partial charge is 0.276 e. The zero-order valence-corrected chi connectivity index (χ0v) is 10.5. The topological polar surface area (TPSA) is 68.8 Å². The third-order valence-corrected chi connectivity index (χ3v) is 3.35. The molecule has 3 rings (SSSR count). The van der Waals surface area contributed by atoms with Crippen LogP contribution in [0.3, 0.4) is 0 Å². The highest BCUT2D eigenvalue weighted by molar-refractivity contribution is 5.45. The van der Waals surface area contributed by atoms with Crippen LogP contribution in [0.5, 0.6) is 0 Å². The van der Waals surface area contributed by atoms with Crippen molar-refractivity contribution >= 4 is 0 Å². The Morgan fingerprint density at radius 2 is 2.33 bits per heavy atom. The molecule has 0 spiro atoms. The zero-order chi connectivity index (χ0) is 12.4. The summed E-state index contributed by atoms with van der Waals surface area (Å²) in [5, 5.41) is 11.7. The monoisotopic (exact) mass is 247 g/mol. The van der Waals surface area contributed by atoms with Crippen LogP contribution in [0.1, 0.15) is 37.5 Å². The van der Waals surface area contributed by atoms with Crippen molar-refractivity contribution in [3.63, 3.8) is 0 Å². The summed E-state index contributed by atoms with van der Waals surface area (Å²) in [6.07, 6.45) is 6.51. The van der Waals surface area contributed by atoms with Crippen molar-refractivity contribution in [2.45, 2.75) is 31.7 Å². The summed E-state index contributed by atoms with van der Waals surface area (Å²) >= 11 is 0. The van der Waals surface area contributed by atoms with Gasteiger partial charge in [0.25, 0.3) is 5.89 Å². The molecule has 96 valence electrons. The Morgan fingerprint density at radius 3 is 3.17 bits per heavy atom. The second-order valence-electron chi connectivity index (χ2n) is 4.65. The van der Waals surface area contributed by atoms with E-state index in [9.17, 15) is 0 Å². The highest BCUT2D eigenvalue weighted by Crippen LogP contribution is 2.23. The average molecular weight is 247 g/mol. The molecule has 18 heavy (non-hydrogen) atoms. The lowest BCUT2D eigenvalue weighted by molar-refractivity contribution is 0.400.